The van der Waals surface area contributed by atoms with Crippen LogP contribution in [0.2, 0.25) is 0 Å². The molecular weight excluding hydrogens is 743 g/mol. The third-order valence-corrected chi connectivity index (χ3v) is 12.4. The number of hydrogen-bond donors (Lipinski definition) is 1. The van der Waals surface area contributed by atoms with Crippen LogP contribution in [0.15, 0.2) is 0 Å². The molecule has 0 saturated carbocycles. The summed E-state index contributed by atoms with van der Waals surface area (Å²) in [7, 11) is 0. The zero-order valence-electron chi connectivity index (χ0n) is 41.6. The first-order chi connectivity index (χ1) is 29.7. The van der Waals surface area contributed by atoms with Gasteiger partial charge in [0.1, 0.15) is 0 Å². The molecule has 0 bridgehead atoms. The second kappa shape index (κ2) is 53.1. The third-order valence-electron chi connectivity index (χ3n) is 12.4. The fourth-order valence-corrected chi connectivity index (χ4v) is 8.31. The van der Waals surface area contributed by atoms with Gasteiger partial charge >= 0.3 is 0 Å². The van der Waals surface area contributed by atoms with Gasteiger partial charge in [-0.1, -0.05) is 207 Å². The Morgan fingerprint density at radius 3 is 0.800 bits per heavy atom. The summed E-state index contributed by atoms with van der Waals surface area (Å²) < 4.78 is 25.1. The molecule has 0 saturated heterocycles. The minimum atomic E-state index is -0.00519. The first-order valence-corrected chi connectivity index (χ1v) is 27.5. The molecule has 0 aliphatic carbocycles. The SMILES string of the molecule is CCCCCCCCOC(CCCCCCCCN(CCCCO)CCCCCCCCC(OCCCCCCCC)OCCCCCCCC)OCCCCCCCC. The highest BCUT2D eigenvalue weighted by Crippen LogP contribution is 2.17. The van der Waals surface area contributed by atoms with Gasteiger partial charge in [0.15, 0.2) is 12.6 Å². The maximum atomic E-state index is 9.39. The van der Waals surface area contributed by atoms with Gasteiger partial charge in [-0.05, 0) is 96.7 Å². The van der Waals surface area contributed by atoms with Crippen molar-refractivity contribution in [3.05, 3.63) is 0 Å². The van der Waals surface area contributed by atoms with Crippen molar-refractivity contribution in [3.63, 3.8) is 0 Å². The standard InChI is InChI=1S/C54H111NO5/c1-5-9-13-17-29-39-49-57-53(58-50-40-30-18-14-10-6-2)43-33-25-21-23-27-35-45-55(47-37-38-48-56)46-36-28-24-22-26-34-44-54(59-51-41-31-19-15-11-7-3)60-52-42-32-20-16-12-8-4/h53-54,56H,5-52H2,1-4H3. The normalized spacial score (nSPS) is 12.0. The second-order valence-electron chi connectivity index (χ2n) is 18.5. The first-order valence-electron chi connectivity index (χ1n) is 27.5. The van der Waals surface area contributed by atoms with Crippen LogP contribution >= 0.6 is 0 Å². The summed E-state index contributed by atoms with van der Waals surface area (Å²) in [6.07, 6.45) is 51.0. The number of unbranched alkanes of at least 4 members (excludes halogenated alkanes) is 31. The number of aliphatic hydroxyl groups is 1. The summed E-state index contributed by atoms with van der Waals surface area (Å²) in [5.74, 6) is 0. The second-order valence-corrected chi connectivity index (χ2v) is 18.5. The summed E-state index contributed by atoms with van der Waals surface area (Å²) in [5.41, 5.74) is 0. The first kappa shape index (κ1) is 59.8. The molecule has 362 valence electrons. The van der Waals surface area contributed by atoms with Crippen molar-refractivity contribution >= 4 is 0 Å². The van der Waals surface area contributed by atoms with E-state index in [1.807, 2.05) is 0 Å². The molecule has 0 aromatic carbocycles. The summed E-state index contributed by atoms with van der Waals surface area (Å²) in [6.45, 7) is 16.4. The van der Waals surface area contributed by atoms with E-state index in [9.17, 15) is 5.11 Å². The predicted octanol–water partition coefficient (Wildman–Crippen LogP) is 16.7. The maximum absolute atomic E-state index is 9.39. The Hall–Kier alpha value is -0.240. The Labute approximate surface area is 377 Å². The van der Waals surface area contributed by atoms with E-state index in [0.717, 1.165) is 58.7 Å². The molecule has 0 unspecified atom stereocenters. The number of hydrogen-bond acceptors (Lipinski definition) is 6. The summed E-state index contributed by atoms with van der Waals surface area (Å²) in [5, 5.41) is 9.39. The maximum Gasteiger partial charge on any atom is 0.157 e. The molecule has 0 aromatic rings. The topological polar surface area (TPSA) is 60.4 Å². The van der Waals surface area contributed by atoms with E-state index in [2.05, 4.69) is 32.6 Å². The lowest BCUT2D eigenvalue weighted by Crippen LogP contribution is -2.27. The highest BCUT2D eigenvalue weighted by atomic mass is 16.7. The van der Waals surface area contributed by atoms with Crippen LogP contribution in [-0.2, 0) is 18.9 Å². The minimum Gasteiger partial charge on any atom is -0.396 e. The van der Waals surface area contributed by atoms with Crippen LogP contribution in [-0.4, -0.2) is 75.3 Å². The molecular formula is C54H111NO5. The number of aliphatic hydroxyl groups excluding tert-OH is 1. The number of ether oxygens (including phenoxy) is 4. The van der Waals surface area contributed by atoms with Gasteiger partial charge < -0.3 is 29.0 Å². The zero-order chi connectivity index (χ0) is 43.5. The average Bonchev–Trinajstić information content (AvgIpc) is 3.25. The summed E-state index contributed by atoms with van der Waals surface area (Å²) in [6, 6.07) is 0. The van der Waals surface area contributed by atoms with E-state index in [-0.39, 0.29) is 12.6 Å². The van der Waals surface area contributed by atoms with Crippen LogP contribution in [0.1, 0.15) is 285 Å². The van der Waals surface area contributed by atoms with Gasteiger partial charge in [0.25, 0.3) is 0 Å². The van der Waals surface area contributed by atoms with E-state index in [1.165, 1.54) is 244 Å². The van der Waals surface area contributed by atoms with Crippen molar-refractivity contribution in [3.8, 4) is 0 Å². The molecule has 0 heterocycles. The van der Waals surface area contributed by atoms with Crippen molar-refractivity contribution in [2.75, 3.05) is 52.7 Å². The Bertz CT molecular complexity index is 664. The minimum absolute atomic E-state index is 0.00519. The van der Waals surface area contributed by atoms with Gasteiger partial charge in [-0.3, -0.25) is 0 Å². The van der Waals surface area contributed by atoms with Crippen LogP contribution in [0.3, 0.4) is 0 Å². The molecule has 0 spiro atoms. The van der Waals surface area contributed by atoms with Crippen molar-refractivity contribution < 1.29 is 24.1 Å². The summed E-state index contributed by atoms with van der Waals surface area (Å²) in [4.78, 5) is 2.69. The van der Waals surface area contributed by atoms with Crippen molar-refractivity contribution in [2.24, 2.45) is 0 Å². The molecule has 6 nitrogen and oxygen atoms in total. The Morgan fingerprint density at radius 2 is 0.517 bits per heavy atom. The van der Waals surface area contributed by atoms with Gasteiger partial charge in [-0.25, -0.2) is 0 Å². The summed E-state index contributed by atoms with van der Waals surface area (Å²) >= 11 is 0. The lowest BCUT2D eigenvalue weighted by atomic mass is 10.1. The van der Waals surface area contributed by atoms with E-state index < -0.39 is 0 Å². The molecule has 0 aromatic heterocycles. The number of rotatable bonds is 54. The van der Waals surface area contributed by atoms with Crippen molar-refractivity contribution in [1.82, 2.24) is 4.90 Å². The Balaban J connectivity index is 4.31. The predicted molar refractivity (Wildman–Crippen MR) is 262 cm³/mol. The molecule has 1 N–H and O–H groups in total. The monoisotopic (exact) mass is 854 g/mol. The molecule has 0 rings (SSSR count). The fraction of sp³-hybridized carbons (Fsp3) is 1.00. The van der Waals surface area contributed by atoms with Crippen molar-refractivity contribution in [1.29, 1.82) is 0 Å². The zero-order valence-corrected chi connectivity index (χ0v) is 41.6. The van der Waals surface area contributed by atoms with Crippen LogP contribution < -0.4 is 0 Å². The average molecular weight is 854 g/mol. The molecule has 0 fully saturated rings. The van der Waals surface area contributed by atoms with Gasteiger partial charge in [-0.2, -0.15) is 0 Å². The Kier molecular flexibility index (Phi) is 52.9. The van der Waals surface area contributed by atoms with E-state index >= 15 is 0 Å². The van der Waals surface area contributed by atoms with Crippen LogP contribution in [0.25, 0.3) is 0 Å². The highest BCUT2D eigenvalue weighted by Gasteiger charge is 2.12. The van der Waals surface area contributed by atoms with E-state index in [0.29, 0.717) is 6.61 Å². The van der Waals surface area contributed by atoms with Crippen LogP contribution in [0.4, 0.5) is 0 Å². The van der Waals surface area contributed by atoms with Gasteiger partial charge in [0, 0.05) is 33.0 Å². The van der Waals surface area contributed by atoms with E-state index in [4.69, 9.17) is 18.9 Å². The highest BCUT2D eigenvalue weighted by molar-refractivity contribution is 4.61. The molecule has 6 heteroatoms. The molecule has 0 radical (unpaired) electrons. The van der Waals surface area contributed by atoms with Crippen LogP contribution in [0, 0.1) is 0 Å². The van der Waals surface area contributed by atoms with E-state index in [1.54, 1.807) is 0 Å². The molecule has 0 amide bonds. The van der Waals surface area contributed by atoms with Gasteiger partial charge in [-0.15, -0.1) is 0 Å². The quantitative estimate of drug-likeness (QED) is 0.0486. The largest absolute Gasteiger partial charge is 0.396 e. The molecule has 0 aliphatic rings. The molecule has 60 heavy (non-hydrogen) atoms. The third kappa shape index (κ3) is 47.2. The van der Waals surface area contributed by atoms with Crippen molar-refractivity contribution in [2.45, 2.75) is 297 Å². The smallest absolute Gasteiger partial charge is 0.157 e. The van der Waals surface area contributed by atoms with Crippen LogP contribution in [0.5, 0.6) is 0 Å². The van der Waals surface area contributed by atoms with Gasteiger partial charge in [0.05, 0.1) is 0 Å². The molecule has 0 aliphatic heterocycles. The molecule has 0 atom stereocenters. The lowest BCUT2D eigenvalue weighted by molar-refractivity contribution is -0.148. The lowest BCUT2D eigenvalue weighted by Gasteiger charge is -2.22. The van der Waals surface area contributed by atoms with Gasteiger partial charge in [0.2, 0.25) is 0 Å². The number of nitrogens with zero attached hydrogens (tertiary/aromatic N) is 1. The Morgan fingerprint density at radius 1 is 0.283 bits per heavy atom. The fourth-order valence-electron chi connectivity index (χ4n) is 8.31.